The van der Waals surface area contributed by atoms with Crippen LogP contribution in [-0.4, -0.2) is 28.4 Å². The summed E-state index contributed by atoms with van der Waals surface area (Å²) >= 11 is 1.56. The lowest BCUT2D eigenvalue weighted by molar-refractivity contribution is -0.150. The van der Waals surface area contributed by atoms with E-state index in [1.54, 1.807) is 17.4 Å². The molecule has 1 aliphatic heterocycles. The lowest BCUT2D eigenvalue weighted by atomic mass is 10.0. The van der Waals surface area contributed by atoms with Gasteiger partial charge < -0.3 is 10.0 Å². The molecule has 0 aromatic carbocycles. The van der Waals surface area contributed by atoms with Crippen LogP contribution in [0, 0.1) is 0 Å². The highest BCUT2D eigenvalue weighted by molar-refractivity contribution is 7.10. The molecule has 1 N–H and O–H groups in total. The first-order chi connectivity index (χ1) is 7.11. The van der Waals surface area contributed by atoms with Gasteiger partial charge in [-0.15, -0.1) is 11.3 Å². The molecule has 15 heavy (non-hydrogen) atoms. The fraction of sp³-hybridized carbons (Fsp3) is 0.400. The van der Waals surface area contributed by atoms with Crippen LogP contribution < -0.4 is 0 Å². The number of thiophene rings is 1. The highest BCUT2D eigenvalue weighted by Gasteiger charge is 2.34. The first kappa shape index (κ1) is 10.2. The zero-order valence-electron chi connectivity index (χ0n) is 8.27. The van der Waals surface area contributed by atoms with E-state index in [2.05, 4.69) is 0 Å². The molecule has 5 heteroatoms. The molecule has 1 aromatic rings. The number of amides is 1. The summed E-state index contributed by atoms with van der Waals surface area (Å²) in [6, 6.07) is 1.01. The van der Waals surface area contributed by atoms with Crippen LogP contribution in [0.2, 0.25) is 0 Å². The number of hydrogen-bond acceptors (Lipinski definition) is 3. The van der Waals surface area contributed by atoms with Crippen LogP contribution >= 0.6 is 11.3 Å². The molecule has 1 aliphatic rings. The SMILES string of the molecule is CC(=O)N1CCc2sccc2C1C(=O)O. The second-order valence-electron chi connectivity index (χ2n) is 3.50. The van der Waals surface area contributed by atoms with E-state index in [0.717, 1.165) is 16.9 Å². The molecule has 0 saturated heterocycles. The van der Waals surface area contributed by atoms with E-state index in [4.69, 9.17) is 5.11 Å². The molecule has 0 fully saturated rings. The molecular weight excluding hydrogens is 214 g/mol. The summed E-state index contributed by atoms with van der Waals surface area (Å²) in [6.45, 7) is 1.91. The minimum atomic E-state index is -0.954. The van der Waals surface area contributed by atoms with Gasteiger partial charge in [-0.2, -0.15) is 0 Å². The van der Waals surface area contributed by atoms with E-state index in [1.165, 1.54) is 11.8 Å². The topological polar surface area (TPSA) is 57.6 Å². The Labute approximate surface area is 91.1 Å². The highest BCUT2D eigenvalue weighted by atomic mass is 32.1. The quantitative estimate of drug-likeness (QED) is 0.783. The van der Waals surface area contributed by atoms with Crippen LogP contribution in [0.1, 0.15) is 23.4 Å². The van der Waals surface area contributed by atoms with Gasteiger partial charge in [-0.1, -0.05) is 0 Å². The zero-order valence-corrected chi connectivity index (χ0v) is 9.08. The van der Waals surface area contributed by atoms with Gasteiger partial charge in [0.05, 0.1) is 0 Å². The van der Waals surface area contributed by atoms with Gasteiger partial charge in [0, 0.05) is 18.3 Å². The van der Waals surface area contributed by atoms with Crippen molar-refractivity contribution in [1.29, 1.82) is 0 Å². The molecule has 80 valence electrons. The minimum Gasteiger partial charge on any atom is -0.479 e. The summed E-state index contributed by atoms with van der Waals surface area (Å²) in [6.07, 6.45) is 0.760. The number of carbonyl (C=O) groups excluding carboxylic acids is 1. The van der Waals surface area contributed by atoms with Crippen LogP contribution in [0.5, 0.6) is 0 Å². The van der Waals surface area contributed by atoms with Crippen molar-refractivity contribution in [3.63, 3.8) is 0 Å². The molecule has 0 bridgehead atoms. The first-order valence-electron chi connectivity index (χ1n) is 4.67. The lowest BCUT2D eigenvalue weighted by Crippen LogP contribution is -2.41. The summed E-state index contributed by atoms with van der Waals surface area (Å²) in [5, 5.41) is 11.0. The summed E-state index contributed by atoms with van der Waals surface area (Å²) in [5.41, 5.74) is 0.772. The highest BCUT2D eigenvalue weighted by Crippen LogP contribution is 2.33. The van der Waals surface area contributed by atoms with Crippen LogP contribution in [0.25, 0.3) is 0 Å². The maximum atomic E-state index is 11.3. The average molecular weight is 225 g/mol. The molecule has 1 unspecified atom stereocenters. The monoisotopic (exact) mass is 225 g/mol. The second-order valence-corrected chi connectivity index (χ2v) is 4.50. The Hall–Kier alpha value is -1.36. The van der Waals surface area contributed by atoms with E-state index in [-0.39, 0.29) is 5.91 Å². The fourth-order valence-corrected chi connectivity index (χ4v) is 2.83. The molecule has 0 aliphatic carbocycles. The summed E-state index contributed by atoms with van der Waals surface area (Å²) in [4.78, 5) is 24.9. The van der Waals surface area contributed by atoms with Crippen molar-refractivity contribution in [2.45, 2.75) is 19.4 Å². The molecule has 2 heterocycles. The van der Waals surface area contributed by atoms with E-state index < -0.39 is 12.0 Å². The summed E-state index contributed by atoms with van der Waals surface area (Å²) in [7, 11) is 0. The Bertz CT molecular complexity index is 413. The van der Waals surface area contributed by atoms with Crippen molar-refractivity contribution in [1.82, 2.24) is 4.90 Å². The third kappa shape index (κ3) is 1.63. The smallest absolute Gasteiger partial charge is 0.331 e. The number of aliphatic carboxylic acids is 1. The number of carboxylic acids is 1. The largest absolute Gasteiger partial charge is 0.479 e. The van der Waals surface area contributed by atoms with E-state index in [9.17, 15) is 9.59 Å². The Kier molecular flexibility index (Phi) is 2.48. The van der Waals surface area contributed by atoms with Gasteiger partial charge in [-0.25, -0.2) is 4.79 Å². The number of hydrogen-bond donors (Lipinski definition) is 1. The molecule has 1 atom stereocenters. The molecule has 0 spiro atoms. The number of carboxylic acid groups (broad SMARTS) is 1. The van der Waals surface area contributed by atoms with Gasteiger partial charge in [0.2, 0.25) is 5.91 Å². The predicted molar refractivity (Wildman–Crippen MR) is 55.8 cm³/mol. The van der Waals surface area contributed by atoms with Crippen molar-refractivity contribution >= 4 is 23.2 Å². The minimum absolute atomic E-state index is 0.181. The van der Waals surface area contributed by atoms with Crippen LogP contribution in [0.15, 0.2) is 11.4 Å². The average Bonchev–Trinajstić information content (AvgIpc) is 2.62. The molecule has 0 saturated carbocycles. The molecule has 1 amide bonds. The van der Waals surface area contributed by atoms with E-state index in [0.29, 0.717) is 6.54 Å². The Morgan fingerprint density at radius 1 is 1.60 bits per heavy atom. The number of fused-ring (bicyclic) bond motifs is 1. The number of nitrogens with zero attached hydrogens (tertiary/aromatic N) is 1. The molecular formula is C10H11NO3S. The van der Waals surface area contributed by atoms with Crippen molar-refractivity contribution in [2.24, 2.45) is 0 Å². The van der Waals surface area contributed by atoms with Crippen LogP contribution in [0.3, 0.4) is 0 Å². The van der Waals surface area contributed by atoms with Gasteiger partial charge in [0.1, 0.15) is 0 Å². The Morgan fingerprint density at radius 2 is 2.33 bits per heavy atom. The normalized spacial score (nSPS) is 19.8. The lowest BCUT2D eigenvalue weighted by Gasteiger charge is -2.32. The Balaban J connectivity index is 2.43. The summed E-state index contributed by atoms with van der Waals surface area (Å²) < 4.78 is 0. The van der Waals surface area contributed by atoms with Crippen molar-refractivity contribution in [3.8, 4) is 0 Å². The van der Waals surface area contributed by atoms with E-state index >= 15 is 0 Å². The maximum Gasteiger partial charge on any atom is 0.331 e. The number of carbonyl (C=O) groups is 2. The summed E-state index contributed by atoms with van der Waals surface area (Å²) in [5.74, 6) is -1.14. The van der Waals surface area contributed by atoms with Crippen molar-refractivity contribution < 1.29 is 14.7 Å². The van der Waals surface area contributed by atoms with Crippen molar-refractivity contribution in [2.75, 3.05) is 6.54 Å². The zero-order chi connectivity index (χ0) is 11.0. The van der Waals surface area contributed by atoms with E-state index in [1.807, 2.05) is 5.38 Å². The maximum absolute atomic E-state index is 11.3. The van der Waals surface area contributed by atoms with Gasteiger partial charge in [0.15, 0.2) is 6.04 Å². The van der Waals surface area contributed by atoms with Gasteiger partial charge in [0.25, 0.3) is 0 Å². The molecule has 4 nitrogen and oxygen atoms in total. The van der Waals surface area contributed by atoms with Gasteiger partial charge in [-0.05, 0) is 23.4 Å². The first-order valence-corrected chi connectivity index (χ1v) is 5.55. The van der Waals surface area contributed by atoms with Crippen LogP contribution in [-0.2, 0) is 16.0 Å². The number of rotatable bonds is 1. The molecule has 1 aromatic heterocycles. The third-order valence-corrected chi connectivity index (χ3v) is 3.60. The van der Waals surface area contributed by atoms with Gasteiger partial charge >= 0.3 is 5.97 Å². The van der Waals surface area contributed by atoms with Crippen LogP contribution in [0.4, 0.5) is 0 Å². The fourth-order valence-electron chi connectivity index (χ4n) is 1.92. The predicted octanol–water partition coefficient (Wildman–Crippen LogP) is 1.28. The molecule has 2 rings (SSSR count). The second kappa shape index (κ2) is 3.66. The van der Waals surface area contributed by atoms with Crippen molar-refractivity contribution in [3.05, 3.63) is 21.9 Å². The van der Waals surface area contributed by atoms with Gasteiger partial charge in [-0.3, -0.25) is 4.79 Å². The standard InChI is InChI=1S/C10H11NO3S/c1-6(12)11-4-2-8-7(3-5-15-8)9(11)10(13)14/h3,5,9H,2,4H2,1H3,(H,13,14). The Morgan fingerprint density at radius 3 is 2.93 bits per heavy atom. The third-order valence-electron chi connectivity index (χ3n) is 2.60. The molecule has 0 radical (unpaired) electrons.